The maximum atomic E-state index is 12.7. The van der Waals surface area contributed by atoms with Crippen molar-refractivity contribution in [2.75, 3.05) is 11.9 Å². The van der Waals surface area contributed by atoms with Gasteiger partial charge in [0.05, 0.1) is 21.3 Å². The fraction of sp³-hybridized carbons (Fsp3) is 0.227. The van der Waals surface area contributed by atoms with Gasteiger partial charge in [-0.1, -0.05) is 48.9 Å². The van der Waals surface area contributed by atoms with Crippen molar-refractivity contribution in [3.8, 4) is 0 Å². The van der Waals surface area contributed by atoms with Crippen LogP contribution in [0.1, 0.15) is 49.6 Å². The molecule has 0 saturated heterocycles. The van der Waals surface area contributed by atoms with Gasteiger partial charge in [0.15, 0.2) is 0 Å². The highest BCUT2D eigenvalue weighted by molar-refractivity contribution is 7.14. The fourth-order valence-corrected chi connectivity index (χ4v) is 4.07. The van der Waals surface area contributed by atoms with Gasteiger partial charge in [-0.15, -0.1) is 11.3 Å². The third-order valence-electron chi connectivity index (χ3n) is 4.25. The van der Waals surface area contributed by atoms with E-state index in [9.17, 15) is 9.59 Å². The van der Waals surface area contributed by atoms with Gasteiger partial charge in [-0.3, -0.25) is 9.59 Å². The summed E-state index contributed by atoms with van der Waals surface area (Å²) >= 11 is 7.62. The topological polar surface area (TPSA) is 71.1 Å². The van der Waals surface area contributed by atoms with E-state index in [4.69, 9.17) is 11.6 Å². The predicted molar refractivity (Wildman–Crippen MR) is 118 cm³/mol. The molecule has 0 bridgehead atoms. The number of rotatable bonds is 7. The number of nitrogens with zero attached hydrogens (tertiary/aromatic N) is 1. The molecule has 2 N–H and O–H groups in total. The van der Waals surface area contributed by atoms with Gasteiger partial charge < -0.3 is 10.6 Å². The number of hydrogen-bond acceptors (Lipinski definition) is 4. The number of carbonyl (C=O) groups excluding carboxylic acids is 2. The van der Waals surface area contributed by atoms with E-state index in [1.54, 1.807) is 18.2 Å². The molecule has 2 amide bonds. The third kappa shape index (κ3) is 5.43. The van der Waals surface area contributed by atoms with Crippen molar-refractivity contribution in [2.24, 2.45) is 0 Å². The molecule has 0 aliphatic carbocycles. The summed E-state index contributed by atoms with van der Waals surface area (Å²) in [6.07, 6.45) is 1.53. The van der Waals surface area contributed by atoms with Crippen LogP contribution < -0.4 is 10.6 Å². The van der Waals surface area contributed by atoms with E-state index in [1.807, 2.05) is 44.2 Å². The molecule has 150 valence electrons. The lowest BCUT2D eigenvalue weighted by Crippen LogP contribution is -2.24. The molecular formula is C22H22ClN3O2S. The molecule has 0 fully saturated rings. The number of thiazole rings is 1. The van der Waals surface area contributed by atoms with Gasteiger partial charge in [-0.2, -0.15) is 0 Å². The third-order valence-corrected chi connectivity index (χ3v) is 5.72. The van der Waals surface area contributed by atoms with Crippen LogP contribution in [0.25, 0.3) is 0 Å². The molecule has 0 unspecified atom stereocenters. The summed E-state index contributed by atoms with van der Waals surface area (Å²) in [7, 11) is 0. The van der Waals surface area contributed by atoms with Gasteiger partial charge in [0, 0.05) is 18.7 Å². The van der Waals surface area contributed by atoms with Crippen LogP contribution in [0.4, 0.5) is 5.69 Å². The summed E-state index contributed by atoms with van der Waals surface area (Å²) in [5.74, 6) is -0.461. The number of nitrogens with one attached hydrogen (secondary N) is 2. The maximum Gasteiger partial charge on any atom is 0.267 e. The molecule has 0 aliphatic heterocycles. The first-order valence-electron chi connectivity index (χ1n) is 9.37. The first-order chi connectivity index (χ1) is 14.0. The van der Waals surface area contributed by atoms with Crippen molar-refractivity contribution in [1.29, 1.82) is 0 Å². The molecule has 7 heteroatoms. The minimum absolute atomic E-state index is 0.224. The number of aryl methyl sites for hydroxylation is 1. The van der Waals surface area contributed by atoms with E-state index in [0.717, 1.165) is 17.0 Å². The minimum Gasteiger partial charge on any atom is -0.352 e. The lowest BCUT2D eigenvalue weighted by atomic mass is 10.2. The van der Waals surface area contributed by atoms with Crippen LogP contribution in [0.15, 0.2) is 48.5 Å². The summed E-state index contributed by atoms with van der Waals surface area (Å²) in [6.45, 7) is 4.39. The normalized spacial score (nSPS) is 10.6. The van der Waals surface area contributed by atoms with Crippen molar-refractivity contribution in [3.63, 3.8) is 0 Å². The molecule has 2 aromatic carbocycles. The van der Waals surface area contributed by atoms with Gasteiger partial charge in [0.1, 0.15) is 4.88 Å². The van der Waals surface area contributed by atoms with E-state index < -0.39 is 0 Å². The highest BCUT2D eigenvalue weighted by Crippen LogP contribution is 2.25. The predicted octanol–water partition coefficient (Wildman–Crippen LogP) is 5.09. The first-order valence-corrected chi connectivity index (χ1v) is 10.6. The Balaban J connectivity index is 1.70. The van der Waals surface area contributed by atoms with E-state index in [0.29, 0.717) is 39.8 Å². The van der Waals surface area contributed by atoms with Crippen LogP contribution >= 0.6 is 22.9 Å². The molecule has 1 heterocycles. The van der Waals surface area contributed by atoms with Crippen molar-refractivity contribution in [3.05, 3.63) is 80.3 Å². The number of halogens is 1. The molecule has 29 heavy (non-hydrogen) atoms. The van der Waals surface area contributed by atoms with Crippen molar-refractivity contribution < 1.29 is 9.59 Å². The van der Waals surface area contributed by atoms with Crippen LogP contribution in [-0.2, 0) is 6.42 Å². The van der Waals surface area contributed by atoms with Crippen LogP contribution in [0.3, 0.4) is 0 Å². The van der Waals surface area contributed by atoms with Crippen LogP contribution in [0.5, 0.6) is 0 Å². The average molecular weight is 428 g/mol. The number of hydrogen-bond donors (Lipinski definition) is 2. The van der Waals surface area contributed by atoms with Crippen LogP contribution in [0, 0.1) is 6.92 Å². The Morgan fingerprint density at radius 3 is 2.55 bits per heavy atom. The number of anilines is 1. The van der Waals surface area contributed by atoms with Gasteiger partial charge >= 0.3 is 0 Å². The second-order valence-electron chi connectivity index (χ2n) is 6.59. The highest BCUT2D eigenvalue weighted by atomic mass is 35.5. The molecule has 5 nitrogen and oxygen atoms in total. The lowest BCUT2D eigenvalue weighted by Gasteiger charge is -2.09. The first kappa shape index (κ1) is 21.0. The Hall–Kier alpha value is -2.70. The van der Waals surface area contributed by atoms with Gasteiger partial charge in [-0.05, 0) is 37.1 Å². The molecule has 1 aromatic heterocycles. The summed E-state index contributed by atoms with van der Waals surface area (Å²) in [6, 6.07) is 14.9. The molecule has 0 saturated carbocycles. The Morgan fingerprint density at radius 2 is 1.86 bits per heavy atom. The van der Waals surface area contributed by atoms with E-state index in [2.05, 4.69) is 15.6 Å². The number of carbonyl (C=O) groups is 2. The van der Waals surface area contributed by atoms with Gasteiger partial charge in [0.25, 0.3) is 11.8 Å². The van der Waals surface area contributed by atoms with Gasteiger partial charge in [-0.25, -0.2) is 4.98 Å². The van der Waals surface area contributed by atoms with E-state index in [-0.39, 0.29) is 11.8 Å². The zero-order valence-corrected chi connectivity index (χ0v) is 17.9. The zero-order valence-electron chi connectivity index (χ0n) is 16.3. The molecular weight excluding hydrogens is 406 g/mol. The Bertz CT molecular complexity index is 1020. The van der Waals surface area contributed by atoms with Crippen molar-refractivity contribution in [2.45, 2.75) is 26.7 Å². The molecule has 0 spiro atoms. The summed E-state index contributed by atoms with van der Waals surface area (Å²) in [5, 5.41) is 6.81. The SMILES string of the molecule is CCCNC(=O)c1ccc(NC(=O)c2sc(Cc3ccccc3)nc2C)cc1Cl. The molecule has 0 atom stereocenters. The smallest absolute Gasteiger partial charge is 0.267 e. The largest absolute Gasteiger partial charge is 0.352 e. The molecule has 0 radical (unpaired) electrons. The quantitative estimate of drug-likeness (QED) is 0.551. The van der Waals surface area contributed by atoms with Crippen molar-refractivity contribution >= 4 is 40.4 Å². The average Bonchev–Trinajstić information content (AvgIpc) is 3.07. The van der Waals surface area contributed by atoms with E-state index in [1.165, 1.54) is 11.3 Å². The number of benzene rings is 2. The standard InChI is InChI=1S/C22H22ClN3O2S/c1-3-11-24-21(27)17-10-9-16(13-18(17)23)26-22(28)20-14(2)25-19(29-20)12-15-7-5-4-6-8-15/h4-10,13H,3,11-12H2,1-2H3,(H,24,27)(H,26,28). The minimum atomic E-state index is -0.237. The fourth-order valence-electron chi connectivity index (χ4n) is 2.81. The molecule has 0 aliphatic rings. The maximum absolute atomic E-state index is 12.7. The second-order valence-corrected chi connectivity index (χ2v) is 8.08. The zero-order chi connectivity index (χ0) is 20.8. The summed E-state index contributed by atoms with van der Waals surface area (Å²) in [4.78, 5) is 29.9. The summed E-state index contributed by atoms with van der Waals surface area (Å²) < 4.78 is 0. The monoisotopic (exact) mass is 427 g/mol. The summed E-state index contributed by atoms with van der Waals surface area (Å²) in [5.41, 5.74) is 2.76. The molecule has 3 rings (SSSR count). The van der Waals surface area contributed by atoms with E-state index >= 15 is 0 Å². The van der Waals surface area contributed by atoms with Crippen LogP contribution in [-0.4, -0.2) is 23.3 Å². The number of aromatic nitrogens is 1. The Labute approximate surface area is 179 Å². The second kappa shape index (κ2) is 9.67. The highest BCUT2D eigenvalue weighted by Gasteiger charge is 2.17. The van der Waals surface area contributed by atoms with Crippen LogP contribution in [0.2, 0.25) is 5.02 Å². The molecule has 3 aromatic rings. The van der Waals surface area contributed by atoms with Crippen molar-refractivity contribution in [1.82, 2.24) is 10.3 Å². The Morgan fingerprint density at radius 1 is 1.10 bits per heavy atom. The number of amides is 2. The lowest BCUT2D eigenvalue weighted by molar-refractivity contribution is 0.0953. The van der Waals surface area contributed by atoms with Gasteiger partial charge in [0.2, 0.25) is 0 Å². The Kier molecular flexibility index (Phi) is 7.01.